The maximum Gasteiger partial charge on any atom is 0.322 e. The number of nitrogens with zero attached hydrogens (tertiary/aromatic N) is 4. The Morgan fingerprint density at radius 1 is 0.933 bits per heavy atom. The van der Waals surface area contributed by atoms with Gasteiger partial charge in [0.1, 0.15) is 0 Å². The van der Waals surface area contributed by atoms with Crippen LogP contribution in [0.25, 0.3) is 10.9 Å². The number of hydrogen-bond donors (Lipinski definition) is 1. The van der Waals surface area contributed by atoms with Crippen LogP contribution in [-0.2, 0) is 22.6 Å². The van der Waals surface area contributed by atoms with Gasteiger partial charge in [0.15, 0.2) is 11.5 Å². The zero-order chi connectivity index (χ0) is 31.4. The summed E-state index contributed by atoms with van der Waals surface area (Å²) < 4.78 is 25.0. The molecule has 2 saturated heterocycles. The second kappa shape index (κ2) is 16.8. The molecule has 2 aromatic carbocycles. The van der Waals surface area contributed by atoms with E-state index in [9.17, 15) is 4.79 Å². The van der Waals surface area contributed by atoms with E-state index in [1.165, 1.54) is 10.9 Å². The molecule has 10 heteroatoms. The Kier molecular flexibility index (Phi) is 12.4. The largest absolute Gasteiger partial charge is 0.493 e. The second-order valence-corrected chi connectivity index (χ2v) is 12.4. The van der Waals surface area contributed by atoms with Gasteiger partial charge in [-0.15, -0.1) is 0 Å². The number of carbonyl (C=O) groups excluding carboxylic acids is 1. The average molecular weight is 622 g/mol. The molecule has 0 atom stereocenters. The molecule has 10 nitrogen and oxygen atoms in total. The first-order valence-corrected chi connectivity index (χ1v) is 16.5. The maximum absolute atomic E-state index is 13.9. The van der Waals surface area contributed by atoms with Crippen LogP contribution in [0.3, 0.4) is 0 Å². The third kappa shape index (κ3) is 9.59. The van der Waals surface area contributed by atoms with Gasteiger partial charge in [-0.2, -0.15) is 0 Å². The highest BCUT2D eigenvalue weighted by Gasteiger charge is 2.20. The van der Waals surface area contributed by atoms with Gasteiger partial charge in [0.2, 0.25) is 0 Å². The SMILES string of the molecule is COc1ccc(NC(=O)N(CCN2CCOCC2)Cc2cccc3c2ccn3CCN2CCOCC2)cc1OCCCC(C)C. The first kappa shape index (κ1) is 33.1. The standard InChI is InChI=1S/C35H51N5O5/c1-28(2)6-5-21-45-34-26-30(9-10-33(34)42-3)36-35(41)40(16-14-38-19-24-44-25-20-38)27-29-7-4-8-32-31(29)11-12-39(32)15-13-37-17-22-43-23-18-37/h4,7-12,26,28H,5-6,13-25,27H2,1-3H3,(H,36,41). The van der Waals surface area contributed by atoms with Crippen molar-refractivity contribution in [2.75, 3.05) is 91.3 Å². The number of morpholine rings is 2. The van der Waals surface area contributed by atoms with Crippen LogP contribution in [0.5, 0.6) is 11.5 Å². The van der Waals surface area contributed by atoms with Crippen molar-refractivity contribution < 1.29 is 23.7 Å². The van der Waals surface area contributed by atoms with Crippen LogP contribution < -0.4 is 14.8 Å². The summed E-state index contributed by atoms with van der Waals surface area (Å²) in [6.07, 6.45) is 4.24. The van der Waals surface area contributed by atoms with E-state index in [1.807, 2.05) is 23.1 Å². The molecule has 2 aliphatic heterocycles. The summed E-state index contributed by atoms with van der Waals surface area (Å²) in [7, 11) is 1.64. The van der Waals surface area contributed by atoms with E-state index in [1.54, 1.807) is 7.11 Å². The highest BCUT2D eigenvalue weighted by atomic mass is 16.5. The lowest BCUT2D eigenvalue weighted by Crippen LogP contribution is -2.44. The highest BCUT2D eigenvalue weighted by molar-refractivity contribution is 5.90. The van der Waals surface area contributed by atoms with Gasteiger partial charge in [-0.1, -0.05) is 26.0 Å². The molecule has 2 aliphatic rings. The zero-order valence-electron chi connectivity index (χ0n) is 27.3. The second-order valence-electron chi connectivity index (χ2n) is 12.4. The molecule has 0 spiro atoms. The number of fused-ring (bicyclic) bond motifs is 1. The molecule has 246 valence electrons. The Morgan fingerprint density at radius 2 is 1.67 bits per heavy atom. The van der Waals surface area contributed by atoms with E-state index in [0.29, 0.717) is 42.8 Å². The summed E-state index contributed by atoms with van der Waals surface area (Å²) in [5.74, 6) is 1.93. The van der Waals surface area contributed by atoms with Crippen molar-refractivity contribution in [1.29, 1.82) is 0 Å². The summed E-state index contributed by atoms with van der Waals surface area (Å²) in [4.78, 5) is 20.6. The molecule has 1 N–H and O–H groups in total. The number of anilines is 1. The van der Waals surface area contributed by atoms with Crippen LogP contribution >= 0.6 is 0 Å². The van der Waals surface area contributed by atoms with E-state index >= 15 is 0 Å². The van der Waals surface area contributed by atoms with Crippen molar-refractivity contribution >= 4 is 22.6 Å². The Balaban J connectivity index is 1.29. The number of amides is 2. The van der Waals surface area contributed by atoms with Crippen LogP contribution in [0, 0.1) is 5.92 Å². The molecule has 45 heavy (non-hydrogen) atoms. The average Bonchev–Trinajstić information content (AvgIpc) is 3.49. The molecule has 0 bridgehead atoms. The van der Waals surface area contributed by atoms with Crippen molar-refractivity contribution in [3.05, 3.63) is 54.2 Å². The number of carbonyl (C=O) groups is 1. The molecule has 0 unspecified atom stereocenters. The van der Waals surface area contributed by atoms with Crippen LogP contribution in [0.2, 0.25) is 0 Å². The fourth-order valence-corrected chi connectivity index (χ4v) is 5.98. The molecule has 0 aliphatic carbocycles. The van der Waals surface area contributed by atoms with Crippen LogP contribution in [-0.4, -0.2) is 111 Å². The zero-order valence-corrected chi connectivity index (χ0v) is 27.3. The number of urea groups is 1. The number of aromatic nitrogens is 1. The summed E-state index contributed by atoms with van der Waals surface area (Å²) >= 11 is 0. The predicted octanol–water partition coefficient (Wildman–Crippen LogP) is 5.16. The van der Waals surface area contributed by atoms with Crippen molar-refractivity contribution in [3.8, 4) is 11.5 Å². The van der Waals surface area contributed by atoms with Gasteiger partial charge < -0.3 is 33.7 Å². The molecule has 5 rings (SSSR count). The minimum atomic E-state index is -0.136. The first-order valence-electron chi connectivity index (χ1n) is 16.5. The van der Waals surface area contributed by atoms with Crippen LogP contribution in [0.1, 0.15) is 32.3 Å². The Bertz CT molecular complexity index is 1350. The number of methoxy groups -OCH3 is 1. The van der Waals surface area contributed by atoms with Crippen molar-refractivity contribution in [2.45, 2.75) is 39.8 Å². The van der Waals surface area contributed by atoms with Crippen molar-refractivity contribution in [1.82, 2.24) is 19.3 Å². The lowest BCUT2D eigenvalue weighted by molar-refractivity contribution is 0.0349. The number of hydrogen-bond acceptors (Lipinski definition) is 7. The van der Waals surface area contributed by atoms with E-state index in [4.69, 9.17) is 18.9 Å². The van der Waals surface area contributed by atoms with E-state index in [0.717, 1.165) is 90.6 Å². The molecule has 0 saturated carbocycles. The first-order chi connectivity index (χ1) is 22.0. The molecule has 2 amide bonds. The van der Waals surface area contributed by atoms with Gasteiger partial charge in [0.25, 0.3) is 0 Å². The van der Waals surface area contributed by atoms with Gasteiger partial charge in [0.05, 0.1) is 40.1 Å². The molecule has 3 aromatic rings. The minimum Gasteiger partial charge on any atom is -0.493 e. The topological polar surface area (TPSA) is 80.7 Å². The summed E-state index contributed by atoms with van der Waals surface area (Å²) in [6, 6.07) is 14.1. The Morgan fingerprint density at radius 3 is 2.38 bits per heavy atom. The predicted molar refractivity (Wildman–Crippen MR) is 178 cm³/mol. The molecular weight excluding hydrogens is 570 g/mol. The number of rotatable bonds is 15. The van der Waals surface area contributed by atoms with Crippen molar-refractivity contribution in [2.24, 2.45) is 5.92 Å². The lowest BCUT2D eigenvalue weighted by atomic mass is 10.1. The van der Waals surface area contributed by atoms with E-state index < -0.39 is 0 Å². The van der Waals surface area contributed by atoms with Crippen LogP contribution in [0.15, 0.2) is 48.7 Å². The van der Waals surface area contributed by atoms with Gasteiger partial charge >= 0.3 is 6.03 Å². The minimum absolute atomic E-state index is 0.136. The summed E-state index contributed by atoms with van der Waals surface area (Å²) in [6.45, 7) is 15.7. The summed E-state index contributed by atoms with van der Waals surface area (Å²) in [5, 5.41) is 4.33. The monoisotopic (exact) mass is 621 g/mol. The third-order valence-electron chi connectivity index (χ3n) is 8.70. The van der Waals surface area contributed by atoms with Gasteiger partial charge in [0, 0.05) is 87.8 Å². The van der Waals surface area contributed by atoms with Gasteiger partial charge in [-0.3, -0.25) is 9.80 Å². The summed E-state index contributed by atoms with van der Waals surface area (Å²) in [5.41, 5.74) is 3.02. The van der Waals surface area contributed by atoms with E-state index in [-0.39, 0.29) is 6.03 Å². The quantitative estimate of drug-likeness (QED) is 0.235. The maximum atomic E-state index is 13.9. The number of ether oxygens (including phenoxy) is 4. The fraction of sp³-hybridized carbons (Fsp3) is 0.571. The van der Waals surface area contributed by atoms with Crippen molar-refractivity contribution in [3.63, 3.8) is 0 Å². The molecule has 2 fully saturated rings. The number of nitrogens with one attached hydrogen (secondary N) is 1. The molecular formula is C35H51N5O5. The Labute approximate surface area is 268 Å². The fourth-order valence-electron chi connectivity index (χ4n) is 5.98. The molecule has 3 heterocycles. The normalized spacial score (nSPS) is 16.3. The number of benzene rings is 2. The van der Waals surface area contributed by atoms with E-state index in [2.05, 4.69) is 64.0 Å². The molecule has 0 radical (unpaired) electrons. The Hall–Kier alpha value is -3.31. The third-order valence-corrected chi connectivity index (χ3v) is 8.70. The smallest absolute Gasteiger partial charge is 0.322 e. The molecule has 1 aromatic heterocycles. The lowest BCUT2D eigenvalue weighted by Gasteiger charge is -2.30. The van der Waals surface area contributed by atoms with Gasteiger partial charge in [-0.25, -0.2) is 4.79 Å². The van der Waals surface area contributed by atoms with Crippen LogP contribution in [0.4, 0.5) is 10.5 Å². The van der Waals surface area contributed by atoms with Gasteiger partial charge in [-0.05, 0) is 48.6 Å². The highest BCUT2D eigenvalue weighted by Crippen LogP contribution is 2.31.